The van der Waals surface area contributed by atoms with Crippen LogP contribution >= 0.6 is 23.5 Å². The molecule has 31 heavy (non-hydrogen) atoms. The molecule has 0 bridgehead atoms. The maximum atomic E-state index is 14.9. The second-order valence-corrected chi connectivity index (χ2v) is 10.6. The third-order valence-electron chi connectivity index (χ3n) is 3.71. The highest BCUT2D eigenvalue weighted by Crippen LogP contribution is 2.66. The van der Waals surface area contributed by atoms with Crippen LogP contribution in [0.2, 0.25) is 0 Å². The average Bonchev–Trinajstić information content (AvgIpc) is 2.76. The van der Waals surface area contributed by atoms with Crippen LogP contribution in [0.25, 0.3) is 0 Å². The van der Waals surface area contributed by atoms with E-state index in [0.29, 0.717) is 13.1 Å². The molecule has 0 saturated carbocycles. The number of aromatic amines is 1. The molecule has 178 valence electrons. The first-order valence-electron chi connectivity index (χ1n) is 7.66. The number of H-pyrrole nitrogens is 1. The maximum Gasteiger partial charge on any atom is 0.490 e. The van der Waals surface area contributed by atoms with E-state index in [4.69, 9.17) is 19.4 Å². The van der Waals surface area contributed by atoms with Crippen LogP contribution < -0.4 is 11.2 Å². The summed E-state index contributed by atoms with van der Waals surface area (Å²) in [4.78, 5) is 59.7. The Morgan fingerprint density at radius 2 is 1.77 bits per heavy atom. The van der Waals surface area contributed by atoms with Crippen LogP contribution in [0.15, 0.2) is 15.8 Å². The Labute approximate surface area is 169 Å². The largest absolute Gasteiger partial charge is 0.490 e. The van der Waals surface area contributed by atoms with Gasteiger partial charge in [-0.05, 0) is 6.92 Å². The van der Waals surface area contributed by atoms with Gasteiger partial charge >= 0.3 is 29.2 Å². The fourth-order valence-electron chi connectivity index (χ4n) is 2.46. The SMILES string of the molecule is C[C@@]1(F)[C@H](O)[C@@H](COP(=O)(O)OP(=O)(O)OP(=O)(O)O)O[C@H]1n1cc(F)c(=O)[nH]c1=O. The van der Waals surface area contributed by atoms with E-state index in [9.17, 15) is 42.1 Å². The number of hydrogen-bond donors (Lipinski definition) is 6. The lowest BCUT2D eigenvalue weighted by Gasteiger charge is -2.24. The molecule has 1 aliphatic rings. The molecule has 0 amide bonds. The van der Waals surface area contributed by atoms with Crippen LogP contribution in [-0.2, 0) is 31.6 Å². The van der Waals surface area contributed by atoms with Crippen LogP contribution in [0.4, 0.5) is 8.78 Å². The maximum absolute atomic E-state index is 14.9. The lowest BCUT2D eigenvalue weighted by Crippen LogP contribution is -2.44. The molecule has 2 unspecified atom stereocenters. The number of phosphoric acid groups is 3. The summed E-state index contributed by atoms with van der Waals surface area (Å²) in [7, 11) is -17.0. The highest BCUT2D eigenvalue weighted by atomic mass is 31.3. The predicted molar refractivity (Wildman–Crippen MR) is 90.5 cm³/mol. The number of aromatic nitrogens is 2. The summed E-state index contributed by atoms with van der Waals surface area (Å²) in [6, 6.07) is 0. The summed E-state index contributed by atoms with van der Waals surface area (Å²) in [6.07, 6.45) is -5.81. The molecule has 1 aromatic rings. The molecule has 1 aromatic heterocycles. The molecule has 0 aliphatic carbocycles. The molecule has 0 spiro atoms. The molecule has 21 heteroatoms. The number of alkyl halides is 1. The Balaban J connectivity index is 2.17. The molecule has 2 rings (SSSR count). The topological polar surface area (TPSA) is 244 Å². The molecule has 6 atom stereocenters. The molecule has 0 aromatic carbocycles. The summed E-state index contributed by atoms with van der Waals surface area (Å²) >= 11 is 0. The van der Waals surface area contributed by atoms with Gasteiger partial charge in [0.15, 0.2) is 11.9 Å². The van der Waals surface area contributed by atoms with E-state index >= 15 is 0 Å². The van der Waals surface area contributed by atoms with Crippen LogP contribution in [0.5, 0.6) is 0 Å². The molecule has 6 N–H and O–H groups in total. The molecule has 1 saturated heterocycles. The minimum atomic E-state index is -5.81. The van der Waals surface area contributed by atoms with Crippen molar-refractivity contribution in [2.75, 3.05) is 6.61 Å². The molecule has 1 aliphatic heterocycles. The van der Waals surface area contributed by atoms with Gasteiger partial charge in [-0.25, -0.2) is 22.9 Å². The number of halogens is 2. The van der Waals surface area contributed by atoms with Gasteiger partial charge in [-0.3, -0.25) is 18.9 Å². The fourth-order valence-corrected chi connectivity index (χ4v) is 5.49. The van der Waals surface area contributed by atoms with E-state index in [0.717, 1.165) is 0 Å². The number of rotatable bonds is 8. The smallest absolute Gasteiger partial charge is 0.387 e. The third kappa shape index (κ3) is 6.44. The lowest BCUT2D eigenvalue weighted by molar-refractivity contribution is -0.0609. The van der Waals surface area contributed by atoms with Gasteiger partial charge in [0.2, 0.25) is 5.82 Å². The minimum Gasteiger partial charge on any atom is -0.387 e. The van der Waals surface area contributed by atoms with Crippen molar-refractivity contribution in [3.63, 3.8) is 0 Å². The van der Waals surface area contributed by atoms with Crippen molar-refractivity contribution in [1.29, 1.82) is 0 Å². The van der Waals surface area contributed by atoms with Crippen molar-refractivity contribution in [3.8, 4) is 0 Å². The number of nitrogens with zero attached hydrogens (tertiary/aromatic N) is 1. The quantitative estimate of drug-likeness (QED) is 0.226. The number of nitrogens with one attached hydrogen (secondary N) is 1. The normalized spacial score (nSPS) is 30.6. The number of phosphoric ester groups is 1. The second-order valence-electron chi connectivity index (χ2n) is 6.15. The third-order valence-corrected chi connectivity index (χ3v) is 7.51. The van der Waals surface area contributed by atoms with Gasteiger partial charge in [-0.15, -0.1) is 0 Å². The first-order valence-corrected chi connectivity index (χ1v) is 12.2. The number of hydrogen-bond acceptors (Lipinski definition) is 10. The summed E-state index contributed by atoms with van der Waals surface area (Å²) in [5.41, 5.74) is -5.58. The van der Waals surface area contributed by atoms with Crippen LogP contribution in [0.3, 0.4) is 0 Å². The first-order chi connectivity index (χ1) is 13.8. The van der Waals surface area contributed by atoms with Gasteiger partial charge in [0.25, 0.3) is 5.56 Å². The van der Waals surface area contributed by atoms with Gasteiger partial charge in [-0.2, -0.15) is 13.0 Å². The van der Waals surface area contributed by atoms with Gasteiger partial charge in [-0.1, -0.05) is 0 Å². The van der Waals surface area contributed by atoms with E-state index in [1.54, 1.807) is 0 Å². The fraction of sp³-hybridized carbons (Fsp3) is 0.600. The van der Waals surface area contributed by atoms with Crippen LogP contribution in [0.1, 0.15) is 13.2 Å². The number of aliphatic hydroxyl groups is 1. The standard InChI is InChI=1S/C10H15F2N2O14P3/c1-10(12)6(15)5(26-8(10)14-2-4(11)7(16)13-9(14)17)3-25-30(21,22)28-31(23,24)27-29(18,19)20/h2,5-6,8,15H,3H2,1H3,(H,21,22)(H,23,24)(H,13,16,17)(H2,18,19,20)/t5-,6-,8-,10-/m1/s1. The summed E-state index contributed by atoms with van der Waals surface area (Å²) in [5.74, 6) is -1.50. The molecule has 0 radical (unpaired) electrons. The van der Waals surface area contributed by atoms with Gasteiger partial charge in [0.05, 0.1) is 12.8 Å². The summed E-state index contributed by atoms with van der Waals surface area (Å²) < 4.78 is 78.4. The van der Waals surface area contributed by atoms with Crippen LogP contribution in [-0.4, -0.2) is 58.7 Å². The zero-order valence-corrected chi connectivity index (χ0v) is 17.7. The van der Waals surface area contributed by atoms with Crippen molar-refractivity contribution in [2.24, 2.45) is 0 Å². The monoisotopic (exact) mass is 518 g/mol. The molecular weight excluding hydrogens is 503 g/mol. The van der Waals surface area contributed by atoms with Crippen molar-refractivity contribution < 1.29 is 65.0 Å². The number of aliphatic hydroxyl groups excluding tert-OH is 1. The molecule has 2 heterocycles. The Morgan fingerprint density at radius 3 is 2.32 bits per heavy atom. The lowest BCUT2D eigenvalue weighted by atomic mass is 9.98. The van der Waals surface area contributed by atoms with E-state index in [2.05, 4.69) is 13.1 Å². The molecule has 16 nitrogen and oxygen atoms in total. The zero-order chi connectivity index (χ0) is 24.0. The van der Waals surface area contributed by atoms with Gasteiger partial charge < -0.3 is 29.4 Å². The van der Waals surface area contributed by atoms with E-state index < -0.39 is 71.2 Å². The Morgan fingerprint density at radius 1 is 1.19 bits per heavy atom. The Kier molecular flexibility index (Phi) is 7.30. The van der Waals surface area contributed by atoms with Crippen molar-refractivity contribution in [3.05, 3.63) is 32.9 Å². The second kappa shape index (κ2) is 8.67. The predicted octanol–water partition coefficient (Wildman–Crippen LogP) is -0.995. The van der Waals surface area contributed by atoms with Crippen LogP contribution in [0, 0.1) is 5.82 Å². The first kappa shape index (κ1) is 26.1. The summed E-state index contributed by atoms with van der Waals surface area (Å²) in [5, 5.41) is 10.0. The average molecular weight is 518 g/mol. The van der Waals surface area contributed by atoms with E-state index in [1.807, 2.05) is 0 Å². The Bertz CT molecular complexity index is 1100. The van der Waals surface area contributed by atoms with Gasteiger partial charge in [0.1, 0.15) is 12.2 Å². The minimum absolute atomic E-state index is 0.255. The summed E-state index contributed by atoms with van der Waals surface area (Å²) in [6.45, 7) is -0.524. The highest BCUT2D eigenvalue weighted by molar-refractivity contribution is 7.66. The zero-order valence-electron chi connectivity index (χ0n) is 15.0. The van der Waals surface area contributed by atoms with Crippen molar-refractivity contribution >= 4 is 23.5 Å². The highest BCUT2D eigenvalue weighted by Gasteiger charge is 2.56. The molecule has 1 fully saturated rings. The van der Waals surface area contributed by atoms with Crippen molar-refractivity contribution in [2.45, 2.75) is 31.0 Å². The van der Waals surface area contributed by atoms with E-state index in [1.165, 1.54) is 4.98 Å². The van der Waals surface area contributed by atoms with Gasteiger partial charge in [0, 0.05) is 0 Å². The Hall–Kier alpha value is -1.13. The molecular formula is C10H15F2N2O14P3. The van der Waals surface area contributed by atoms with E-state index in [-0.39, 0.29) is 4.57 Å². The van der Waals surface area contributed by atoms with Crippen molar-refractivity contribution in [1.82, 2.24) is 9.55 Å². The number of ether oxygens (including phenoxy) is 1.